The molecule has 176 valence electrons. The molecule has 0 spiro atoms. The number of carbonyl (C=O) groups excluding carboxylic acids is 2. The molecule has 0 saturated carbocycles. The fourth-order valence-corrected chi connectivity index (χ4v) is 4.17. The summed E-state index contributed by atoms with van der Waals surface area (Å²) in [7, 11) is 1.58. The van der Waals surface area contributed by atoms with Crippen LogP contribution < -0.4 is 10.1 Å². The van der Waals surface area contributed by atoms with Gasteiger partial charge in [0, 0.05) is 47.5 Å². The van der Waals surface area contributed by atoms with Crippen molar-refractivity contribution in [3.63, 3.8) is 0 Å². The molecule has 0 unspecified atom stereocenters. The number of nitrogens with one attached hydrogen (secondary N) is 1. The summed E-state index contributed by atoms with van der Waals surface area (Å²) in [6.45, 7) is 1.00. The fourth-order valence-electron chi connectivity index (χ4n) is 4.17. The van der Waals surface area contributed by atoms with Crippen LogP contribution in [0.1, 0.15) is 32.0 Å². The van der Waals surface area contributed by atoms with Crippen molar-refractivity contribution in [1.82, 2.24) is 4.90 Å². The highest BCUT2D eigenvalue weighted by Gasteiger charge is 2.25. The molecule has 3 aromatic carbocycles. The van der Waals surface area contributed by atoms with Crippen LogP contribution in [0.5, 0.6) is 5.75 Å². The number of carbonyl (C=O) groups is 2. The Morgan fingerprint density at radius 3 is 2.60 bits per heavy atom. The van der Waals surface area contributed by atoms with Crippen LogP contribution in [-0.2, 0) is 13.0 Å². The van der Waals surface area contributed by atoms with Crippen molar-refractivity contribution >= 4 is 17.5 Å². The SMILES string of the molecule is COc1cccc(C(=O)N2CCc3oc(-c4cccc(NC(=O)c5cccc(F)c5)c4)cc3C2)c1. The van der Waals surface area contributed by atoms with Gasteiger partial charge in [-0.25, -0.2) is 4.39 Å². The average Bonchev–Trinajstić information content (AvgIpc) is 3.32. The lowest BCUT2D eigenvalue weighted by Gasteiger charge is -2.26. The Morgan fingerprint density at radius 2 is 1.77 bits per heavy atom. The van der Waals surface area contributed by atoms with Crippen LogP contribution in [0.4, 0.5) is 10.1 Å². The predicted octanol–water partition coefficient (Wildman–Crippen LogP) is 5.55. The topological polar surface area (TPSA) is 71.8 Å². The first-order valence-corrected chi connectivity index (χ1v) is 11.2. The van der Waals surface area contributed by atoms with Crippen molar-refractivity contribution < 1.29 is 23.1 Å². The zero-order chi connectivity index (χ0) is 24.4. The minimum absolute atomic E-state index is 0.0561. The molecule has 0 bridgehead atoms. The third-order valence-corrected chi connectivity index (χ3v) is 5.96. The Labute approximate surface area is 201 Å². The van der Waals surface area contributed by atoms with Crippen LogP contribution in [0.15, 0.2) is 83.3 Å². The molecule has 35 heavy (non-hydrogen) atoms. The standard InChI is InChI=1S/C28H23FN2O4/c1-34-24-10-4-7-20(15-24)28(33)31-12-11-25-21(17-31)16-26(35-25)18-5-3-9-23(14-18)30-27(32)19-6-2-8-22(29)13-19/h2-10,13-16H,11-12,17H2,1H3,(H,30,32). The first kappa shape index (κ1) is 22.4. The second-order valence-electron chi connectivity index (χ2n) is 8.31. The average molecular weight is 471 g/mol. The molecule has 6 nitrogen and oxygen atoms in total. The second kappa shape index (κ2) is 9.46. The van der Waals surface area contributed by atoms with E-state index in [-0.39, 0.29) is 11.5 Å². The van der Waals surface area contributed by atoms with Gasteiger partial charge in [-0.05, 0) is 54.6 Å². The van der Waals surface area contributed by atoms with E-state index in [1.165, 1.54) is 18.2 Å². The molecule has 0 saturated heterocycles. The van der Waals surface area contributed by atoms with E-state index in [9.17, 15) is 14.0 Å². The zero-order valence-electron chi connectivity index (χ0n) is 19.1. The molecule has 5 rings (SSSR count). The number of hydrogen-bond donors (Lipinski definition) is 1. The molecular weight excluding hydrogens is 447 g/mol. The summed E-state index contributed by atoms with van der Waals surface area (Å²) in [5.74, 6) is 1.23. The van der Waals surface area contributed by atoms with Gasteiger partial charge in [0.15, 0.2) is 0 Å². The van der Waals surface area contributed by atoms with Crippen molar-refractivity contribution in [1.29, 1.82) is 0 Å². The van der Waals surface area contributed by atoms with Crippen LogP contribution in [0.3, 0.4) is 0 Å². The molecular formula is C28H23FN2O4. The van der Waals surface area contributed by atoms with Gasteiger partial charge >= 0.3 is 0 Å². The lowest BCUT2D eigenvalue weighted by atomic mass is 10.1. The van der Waals surface area contributed by atoms with Crippen molar-refractivity contribution in [3.8, 4) is 17.1 Å². The predicted molar refractivity (Wildman–Crippen MR) is 130 cm³/mol. The van der Waals surface area contributed by atoms with Gasteiger partial charge in [-0.2, -0.15) is 0 Å². The first-order chi connectivity index (χ1) is 17.0. The highest BCUT2D eigenvalue weighted by molar-refractivity contribution is 6.04. The highest BCUT2D eigenvalue weighted by atomic mass is 19.1. The minimum atomic E-state index is -0.466. The van der Waals surface area contributed by atoms with Crippen LogP contribution in [0, 0.1) is 5.82 Å². The van der Waals surface area contributed by atoms with Crippen LogP contribution in [-0.4, -0.2) is 30.4 Å². The largest absolute Gasteiger partial charge is 0.497 e. The van der Waals surface area contributed by atoms with Gasteiger partial charge in [-0.1, -0.05) is 24.3 Å². The summed E-state index contributed by atoms with van der Waals surface area (Å²) in [6.07, 6.45) is 0.612. The number of anilines is 1. The second-order valence-corrected chi connectivity index (χ2v) is 8.31. The van der Waals surface area contributed by atoms with E-state index in [1.54, 1.807) is 48.4 Å². The maximum absolute atomic E-state index is 13.4. The number of fused-ring (bicyclic) bond motifs is 1. The Kier molecular flexibility index (Phi) is 6.06. The Bertz CT molecular complexity index is 1410. The molecule has 2 heterocycles. The molecule has 7 heteroatoms. The summed E-state index contributed by atoms with van der Waals surface area (Å²) in [6, 6.07) is 21.9. The Balaban J connectivity index is 1.32. The van der Waals surface area contributed by atoms with E-state index in [0.29, 0.717) is 42.3 Å². The van der Waals surface area contributed by atoms with Gasteiger partial charge in [0.1, 0.15) is 23.1 Å². The molecule has 2 amide bonds. The number of nitrogens with zero attached hydrogens (tertiary/aromatic N) is 1. The van der Waals surface area contributed by atoms with Crippen LogP contribution in [0.2, 0.25) is 0 Å². The van der Waals surface area contributed by atoms with E-state index >= 15 is 0 Å². The molecule has 1 aliphatic heterocycles. The lowest BCUT2D eigenvalue weighted by Crippen LogP contribution is -2.35. The van der Waals surface area contributed by atoms with Crippen LogP contribution in [0.25, 0.3) is 11.3 Å². The zero-order valence-corrected chi connectivity index (χ0v) is 19.1. The van der Waals surface area contributed by atoms with Crippen LogP contribution >= 0.6 is 0 Å². The number of benzene rings is 3. The molecule has 0 aliphatic carbocycles. The molecule has 0 fully saturated rings. The third kappa shape index (κ3) is 4.80. The fraction of sp³-hybridized carbons (Fsp3) is 0.143. The first-order valence-electron chi connectivity index (χ1n) is 11.2. The molecule has 1 N–H and O–H groups in total. The molecule has 1 aliphatic rings. The Hall–Kier alpha value is -4.39. The summed E-state index contributed by atoms with van der Waals surface area (Å²) < 4.78 is 24.8. The highest BCUT2D eigenvalue weighted by Crippen LogP contribution is 2.31. The number of rotatable bonds is 5. The lowest BCUT2D eigenvalue weighted by molar-refractivity contribution is 0.0729. The van der Waals surface area contributed by atoms with E-state index in [0.717, 1.165) is 16.9 Å². The van der Waals surface area contributed by atoms with Gasteiger partial charge < -0.3 is 19.4 Å². The number of hydrogen-bond acceptors (Lipinski definition) is 4. The van der Waals surface area contributed by atoms with Crippen molar-refractivity contribution in [2.75, 3.05) is 19.0 Å². The smallest absolute Gasteiger partial charge is 0.255 e. The van der Waals surface area contributed by atoms with Crippen molar-refractivity contribution in [2.24, 2.45) is 0 Å². The number of ether oxygens (including phenoxy) is 1. The normalized spacial score (nSPS) is 12.7. The number of halogens is 1. The van der Waals surface area contributed by atoms with Crippen molar-refractivity contribution in [3.05, 3.63) is 107 Å². The maximum atomic E-state index is 13.4. The molecule has 4 aromatic rings. The molecule has 0 atom stereocenters. The van der Waals surface area contributed by atoms with Gasteiger partial charge in [-0.3, -0.25) is 9.59 Å². The van der Waals surface area contributed by atoms with Gasteiger partial charge in [-0.15, -0.1) is 0 Å². The number of amides is 2. The molecule has 0 radical (unpaired) electrons. The van der Waals surface area contributed by atoms with E-state index in [4.69, 9.17) is 9.15 Å². The van der Waals surface area contributed by atoms with E-state index in [2.05, 4.69) is 5.32 Å². The van der Waals surface area contributed by atoms with E-state index < -0.39 is 11.7 Å². The summed E-state index contributed by atoms with van der Waals surface area (Å²) in [4.78, 5) is 27.3. The van der Waals surface area contributed by atoms with Gasteiger partial charge in [0.05, 0.1) is 7.11 Å². The summed E-state index contributed by atoms with van der Waals surface area (Å²) in [5.41, 5.74) is 3.14. The summed E-state index contributed by atoms with van der Waals surface area (Å²) >= 11 is 0. The third-order valence-electron chi connectivity index (χ3n) is 5.96. The molecule has 1 aromatic heterocycles. The quantitative estimate of drug-likeness (QED) is 0.415. The van der Waals surface area contributed by atoms with E-state index in [1.807, 2.05) is 24.3 Å². The minimum Gasteiger partial charge on any atom is -0.497 e. The summed E-state index contributed by atoms with van der Waals surface area (Å²) in [5, 5.41) is 2.80. The monoisotopic (exact) mass is 470 g/mol. The number of furan rings is 1. The number of methoxy groups -OCH3 is 1. The van der Waals surface area contributed by atoms with Gasteiger partial charge in [0.2, 0.25) is 0 Å². The van der Waals surface area contributed by atoms with Gasteiger partial charge in [0.25, 0.3) is 11.8 Å². The maximum Gasteiger partial charge on any atom is 0.255 e. The Morgan fingerprint density at radius 1 is 0.971 bits per heavy atom. The van der Waals surface area contributed by atoms with Crippen molar-refractivity contribution in [2.45, 2.75) is 13.0 Å².